The second-order valence-electron chi connectivity index (χ2n) is 6.45. The van der Waals surface area contributed by atoms with Crippen molar-refractivity contribution in [1.82, 2.24) is 15.0 Å². The number of ether oxygens (including phenoxy) is 1. The van der Waals surface area contributed by atoms with Crippen molar-refractivity contribution < 1.29 is 17.9 Å². The third-order valence-corrected chi connectivity index (χ3v) is 4.69. The molecule has 8 heteroatoms. The van der Waals surface area contributed by atoms with Gasteiger partial charge in [0, 0.05) is 29.9 Å². The molecule has 5 nitrogen and oxygen atoms in total. The summed E-state index contributed by atoms with van der Waals surface area (Å²) >= 11 is 0. The number of halogens is 3. The third kappa shape index (κ3) is 3.38. The zero-order valence-electron chi connectivity index (χ0n) is 13.4. The highest BCUT2D eigenvalue weighted by molar-refractivity contribution is 5.43. The maximum Gasteiger partial charge on any atom is 0.433 e. The molecule has 0 bridgehead atoms. The second kappa shape index (κ2) is 6.16. The molecule has 0 unspecified atom stereocenters. The van der Waals surface area contributed by atoms with Crippen LogP contribution in [0.1, 0.15) is 36.6 Å². The largest absolute Gasteiger partial charge is 0.487 e. The van der Waals surface area contributed by atoms with Crippen LogP contribution in [0.15, 0.2) is 30.7 Å². The molecule has 4 rings (SSSR count). The minimum atomic E-state index is -4.47. The molecule has 25 heavy (non-hydrogen) atoms. The molecule has 1 saturated heterocycles. The van der Waals surface area contributed by atoms with Gasteiger partial charge >= 0.3 is 6.18 Å². The molecule has 2 aromatic rings. The molecule has 0 atom stereocenters. The molecule has 1 saturated carbocycles. The number of nitrogens with zero attached hydrogens (tertiary/aromatic N) is 4. The summed E-state index contributed by atoms with van der Waals surface area (Å²) in [6, 6.07) is 4.38. The lowest BCUT2D eigenvalue weighted by molar-refractivity contribution is -0.141. The summed E-state index contributed by atoms with van der Waals surface area (Å²) in [6.45, 7) is 1.18. The van der Waals surface area contributed by atoms with E-state index in [0.29, 0.717) is 19.0 Å². The molecule has 0 amide bonds. The van der Waals surface area contributed by atoms with E-state index in [-0.39, 0.29) is 11.9 Å². The van der Waals surface area contributed by atoms with Crippen LogP contribution in [0.25, 0.3) is 0 Å². The zero-order chi connectivity index (χ0) is 17.4. The summed E-state index contributed by atoms with van der Waals surface area (Å²) in [7, 11) is 0. The Hall–Kier alpha value is -2.38. The van der Waals surface area contributed by atoms with E-state index in [1.165, 1.54) is 25.3 Å². The Balaban J connectivity index is 1.36. The first-order valence-corrected chi connectivity index (χ1v) is 8.26. The summed E-state index contributed by atoms with van der Waals surface area (Å²) in [5.41, 5.74) is 0.131. The Kier molecular flexibility index (Phi) is 3.97. The topological polar surface area (TPSA) is 51.1 Å². The fourth-order valence-electron chi connectivity index (χ4n) is 2.99. The van der Waals surface area contributed by atoms with Gasteiger partial charge in [0.15, 0.2) is 0 Å². The number of anilines is 1. The highest BCUT2D eigenvalue weighted by Crippen LogP contribution is 2.36. The predicted octanol–water partition coefficient (Wildman–Crippen LogP) is 3.43. The van der Waals surface area contributed by atoms with Gasteiger partial charge in [-0.15, -0.1) is 0 Å². The monoisotopic (exact) mass is 350 g/mol. The van der Waals surface area contributed by atoms with Crippen molar-refractivity contribution >= 4 is 5.82 Å². The van der Waals surface area contributed by atoms with E-state index < -0.39 is 11.9 Å². The minimum Gasteiger partial charge on any atom is -0.487 e. The Morgan fingerprint density at radius 2 is 1.88 bits per heavy atom. The van der Waals surface area contributed by atoms with Gasteiger partial charge in [0.1, 0.15) is 29.7 Å². The van der Waals surface area contributed by atoms with Crippen LogP contribution in [0, 0.1) is 0 Å². The van der Waals surface area contributed by atoms with Gasteiger partial charge in [-0.05, 0) is 18.9 Å². The van der Waals surface area contributed by atoms with E-state index in [1.54, 1.807) is 6.33 Å². The van der Waals surface area contributed by atoms with Crippen molar-refractivity contribution in [2.75, 3.05) is 18.0 Å². The summed E-state index contributed by atoms with van der Waals surface area (Å²) in [5.74, 6) is 1.57. The smallest absolute Gasteiger partial charge is 0.433 e. The normalized spacial score (nSPS) is 18.6. The Bertz CT molecular complexity index is 758. The van der Waals surface area contributed by atoms with Crippen molar-refractivity contribution in [3.05, 3.63) is 42.1 Å². The molecule has 0 N–H and O–H groups in total. The van der Waals surface area contributed by atoms with Gasteiger partial charge in [-0.25, -0.2) is 9.97 Å². The van der Waals surface area contributed by atoms with Crippen LogP contribution in [-0.2, 0) is 6.18 Å². The lowest BCUT2D eigenvalue weighted by atomic mass is 9.83. The minimum absolute atomic E-state index is 0.161. The fourth-order valence-corrected chi connectivity index (χ4v) is 2.99. The molecule has 0 aromatic carbocycles. The van der Waals surface area contributed by atoms with Crippen LogP contribution in [0.4, 0.5) is 19.0 Å². The van der Waals surface area contributed by atoms with Crippen molar-refractivity contribution in [3.8, 4) is 5.75 Å². The summed E-state index contributed by atoms with van der Waals surface area (Å²) < 4.78 is 43.7. The van der Waals surface area contributed by atoms with E-state index in [4.69, 9.17) is 4.74 Å². The first-order valence-electron chi connectivity index (χ1n) is 8.26. The summed E-state index contributed by atoms with van der Waals surface area (Å²) in [5, 5.41) is 0. The highest BCUT2D eigenvalue weighted by atomic mass is 19.4. The molecule has 1 aliphatic heterocycles. The highest BCUT2D eigenvalue weighted by Gasteiger charge is 2.34. The second-order valence-corrected chi connectivity index (χ2v) is 6.45. The Morgan fingerprint density at radius 3 is 2.56 bits per heavy atom. The van der Waals surface area contributed by atoms with Gasteiger partial charge in [-0.2, -0.15) is 13.2 Å². The molecule has 0 radical (unpaired) electrons. The third-order valence-electron chi connectivity index (χ3n) is 4.69. The number of hydrogen-bond acceptors (Lipinski definition) is 5. The number of aromatic nitrogens is 3. The van der Waals surface area contributed by atoms with Crippen molar-refractivity contribution in [3.63, 3.8) is 0 Å². The average molecular weight is 350 g/mol. The molecular formula is C17H17F3N4O. The first-order chi connectivity index (χ1) is 12.0. The maximum atomic E-state index is 12.7. The van der Waals surface area contributed by atoms with Gasteiger partial charge in [-0.1, -0.05) is 6.42 Å². The molecule has 2 fully saturated rings. The molecular weight excluding hydrogens is 333 g/mol. The van der Waals surface area contributed by atoms with Crippen LogP contribution in [0.2, 0.25) is 0 Å². The van der Waals surface area contributed by atoms with Crippen LogP contribution in [-0.4, -0.2) is 34.1 Å². The van der Waals surface area contributed by atoms with Crippen LogP contribution in [0.3, 0.4) is 0 Å². The lowest BCUT2D eigenvalue weighted by Crippen LogP contribution is -2.54. The van der Waals surface area contributed by atoms with Gasteiger partial charge in [0.2, 0.25) is 0 Å². The number of alkyl halides is 3. The zero-order valence-corrected chi connectivity index (χ0v) is 13.4. The number of rotatable bonds is 4. The summed E-state index contributed by atoms with van der Waals surface area (Å²) in [4.78, 5) is 14.0. The van der Waals surface area contributed by atoms with Crippen LogP contribution in [0.5, 0.6) is 5.75 Å². The van der Waals surface area contributed by atoms with E-state index in [1.807, 2.05) is 11.0 Å². The van der Waals surface area contributed by atoms with Crippen LogP contribution < -0.4 is 9.64 Å². The number of hydrogen-bond donors (Lipinski definition) is 0. The Labute approximate surface area is 142 Å². The van der Waals surface area contributed by atoms with Crippen molar-refractivity contribution in [2.45, 2.75) is 37.5 Å². The average Bonchev–Trinajstić information content (AvgIpc) is 2.48. The summed E-state index contributed by atoms with van der Waals surface area (Å²) in [6.07, 6.45) is 1.65. The van der Waals surface area contributed by atoms with E-state index in [0.717, 1.165) is 23.8 Å². The molecule has 0 spiro atoms. The molecule has 3 heterocycles. The predicted molar refractivity (Wildman–Crippen MR) is 84.5 cm³/mol. The van der Waals surface area contributed by atoms with Gasteiger partial charge < -0.3 is 9.64 Å². The van der Waals surface area contributed by atoms with Gasteiger partial charge in [0.05, 0.1) is 13.1 Å². The standard InChI is InChI=1S/C17H17F3N4O/c18-17(19,20)15-6-12(4-5-21-15)25-13-8-24(9-13)16-7-14(22-10-23-16)11-2-1-3-11/h4-7,10-11,13H,1-3,8-9H2. The van der Waals surface area contributed by atoms with Gasteiger partial charge in [-0.3, -0.25) is 4.98 Å². The molecule has 2 aliphatic rings. The lowest BCUT2D eigenvalue weighted by Gasteiger charge is -2.40. The molecule has 132 valence electrons. The molecule has 1 aliphatic carbocycles. The van der Waals surface area contributed by atoms with E-state index in [2.05, 4.69) is 15.0 Å². The first kappa shape index (κ1) is 16.1. The SMILES string of the molecule is FC(F)(F)c1cc(OC2CN(c3cc(C4CCC4)ncn3)C2)ccn1. The van der Waals surface area contributed by atoms with E-state index in [9.17, 15) is 13.2 Å². The Morgan fingerprint density at radius 1 is 1.08 bits per heavy atom. The maximum absolute atomic E-state index is 12.7. The van der Waals surface area contributed by atoms with Crippen LogP contribution >= 0.6 is 0 Å². The number of pyridine rings is 1. The van der Waals surface area contributed by atoms with Crippen molar-refractivity contribution in [1.29, 1.82) is 0 Å². The fraction of sp³-hybridized carbons (Fsp3) is 0.471. The van der Waals surface area contributed by atoms with Crippen molar-refractivity contribution in [2.24, 2.45) is 0 Å². The van der Waals surface area contributed by atoms with E-state index >= 15 is 0 Å². The van der Waals surface area contributed by atoms with Gasteiger partial charge in [0.25, 0.3) is 0 Å². The molecule has 2 aromatic heterocycles. The quantitative estimate of drug-likeness (QED) is 0.846.